The van der Waals surface area contributed by atoms with Crippen molar-refractivity contribution in [2.45, 2.75) is 0 Å². The average molecular weight is 212 g/mol. The van der Waals surface area contributed by atoms with Crippen molar-refractivity contribution < 1.29 is 4.42 Å². The van der Waals surface area contributed by atoms with Crippen LogP contribution in [-0.2, 0) is 0 Å². The fourth-order valence-corrected chi connectivity index (χ4v) is 1.63. The Hall–Kier alpha value is -2.43. The van der Waals surface area contributed by atoms with Gasteiger partial charge in [0.05, 0.1) is 5.52 Å². The Bertz CT molecular complexity index is 642. The van der Waals surface area contributed by atoms with E-state index in [1.165, 1.54) is 0 Å². The lowest BCUT2D eigenvalue weighted by atomic mass is 10.1. The van der Waals surface area contributed by atoms with E-state index in [2.05, 4.69) is 15.2 Å². The Morgan fingerprint density at radius 1 is 1.06 bits per heavy atom. The fraction of sp³-hybridized carbons (Fsp3) is 0. The van der Waals surface area contributed by atoms with E-state index < -0.39 is 0 Å². The summed E-state index contributed by atoms with van der Waals surface area (Å²) in [5.74, 6) is 0.413. The molecule has 0 saturated heterocycles. The second-order valence-electron chi connectivity index (χ2n) is 3.32. The molecule has 0 aliphatic rings. The van der Waals surface area contributed by atoms with E-state index in [1.54, 1.807) is 6.20 Å². The van der Waals surface area contributed by atoms with Gasteiger partial charge in [0.1, 0.15) is 0 Å². The smallest absolute Gasteiger partial charge is 0.313 e. The zero-order chi connectivity index (χ0) is 11.0. The van der Waals surface area contributed by atoms with Crippen LogP contribution >= 0.6 is 0 Å². The van der Waals surface area contributed by atoms with Gasteiger partial charge in [-0.3, -0.25) is 4.98 Å². The normalized spacial score (nSPS) is 10.8. The van der Waals surface area contributed by atoms with Gasteiger partial charge in [-0.2, -0.15) is 0 Å². The van der Waals surface area contributed by atoms with E-state index in [0.717, 1.165) is 16.5 Å². The third-order valence-electron chi connectivity index (χ3n) is 2.32. The Balaban J connectivity index is 2.31. The van der Waals surface area contributed by atoms with Crippen LogP contribution in [0, 0.1) is 0 Å². The Morgan fingerprint density at radius 3 is 2.81 bits per heavy atom. The van der Waals surface area contributed by atoms with Gasteiger partial charge in [-0.25, -0.2) is 0 Å². The summed E-state index contributed by atoms with van der Waals surface area (Å²) in [6.07, 6.45) is 1.74. The molecule has 16 heavy (non-hydrogen) atoms. The maximum atomic E-state index is 5.40. The zero-order valence-corrected chi connectivity index (χ0v) is 8.29. The first-order chi connectivity index (χ1) is 7.84. The van der Waals surface area contributed by atoms with Gasteiger partial charge < -0.3 is 10.2 Å². The molecule has 2 aromatic heterocycles. The van der Waals surface area contributed by atoms with Gasteiger partial charge in [-0.05, 0) is 18.2 Å². The van der Waals surface area contributed by atoms with Crippen LogP contribution in [0.25, 0.3) is 22.4 Å². The van der Waals surface area contributed by atoms with Gasteiger partial charge in [-0.1, -0.05) is 17.2 Å². The summed E-state index contributed by atoms with van der Waals surface area (Å²) < 4.78 is 5.21. The minimum atomic E-state index is 0.0656. The quantitative estimate of drug-likeness (QED) is 0.666. The summed E-state index contributed by atoms with van der Waals surface area (Å²) in [6, 6.07) is 9.61. The van der Waals surface area contributed by atoms with E-state index in [0.29, 0.717) is 5.89 Å². The number of nitrogens with two attached hydrogens (primary N) is 1. The molecule has 0 fully saturated rings. The summed E-state index contributed by atoms with van der Waals surface area (Å²) in [7, 11) is 0. The molecule has 0 unspecified atom stereocenters. The molecule has 0 aliphatic heterocycles. The molecule has 78 valence electrons. The third-order valence-corrected chi connectivity index (χ3v) is 2.32. The second-order valence-corrected chi connectivity index (χ2v) is 3.32. The highest BCUT2D eigenvalue weighted by Crippen LogP contribution is 2.26. The predicted octanol–water partition coefficient (Wildman–Crippen LogP) is 1.87. The van der Waals surface area contributed by atoms with E-state index in [1.807, 2.05) is 30.3 Å². The molecule has 3 rings (SSSR count). The molecule has 0 aliphatic carbocycles. The number of pyridine rings is 1. The number of fused-ring (bicyclic) bond motifs is 1. The number of nitrogens with zero attached hydrogens (tertiary/aromatic N) is 3. The zero-order valence-electron chi connectivity index (χ0n) is 8.29. The first-order valence-corrected chi connectivity index (χ1v) is 4.78. The molecule has 3 aromatic rings. The van der Waals surface area contributed by atoms with E-state index >= 15 is 0 Å². The summed E-state index contributed by atoms with van der Waals surface area (Å²) in [5.41, 5.74) is 7.13. The van der Waals surface area contributed by atoms with Crippen LogP contribution in [0.5, 0.6) is 0 Å². The predicted molar refractivity (Wildman–Crippen MR) is 59.4 cm³/mol. The molecule has 0 bridgehead atoms. The van der Waals surface area contributed by atoms with Crippen LogP contribution in [0.1, 0.15) is 0 Å². The van der Waals surface area contributed by atoms with Gasteiger partial charge in [0.15, 0.2) is 0 Å². The van der Waals surface area contributed by atoms with Gasteiger partial charge in [-0.15, -0.1) is 5.10 Å². The number of rotatable bonds is 1. The number of anilines is 1. The van der Waals surface area contributed by atoms with Crippen molar-refractivity contribution in [1.82, 2.24) is 15.2 Å². The lowest BCUT2D eigenvalue weighted by molar-refractivity contribution is 0.591. The molecular weight excluding hydrogens is 204 g/mol. The van der Waals surface area contributed by atoms with Crippen molar-refractivity contribution in [3.05, 3.63) is 36.5 Å². The van der Waals surface area contributed by atoms with E-state index in [-0.39, 0.29) is 6.01 Å². The monoisotopic (exact) mass is 212 g/mol. The first-order valence-electron chi connectivity index (χ1n) is 4.78. The number of aromatic nitrogens is 3. The number of hydrogen-bond acceptors (Lipinski definition) is 5. The van der Waals surface area contributed by atoms with Gasteiger partial charge in [0, 0.05) is 17.1 Å². The molecule has 0 amide bonds. The molecule has 5 heteroatoms. The van der Waals surface area contributed by atoms with Crippen molar-refractivity contribution >= 4 is 16.9 Å². The Morgan fingerprint density at radius 2 is 2.00 bits per heavy atom. The standard InChI is InChI=1S/C11H8N4O/c12-11-15-14-10(16-11)8-3-1-5-9-7(8)4-2-6-13-9/h1-6H,(H2,12,15). The maximum absolute atomic E-state index is 5.40. The van der Waals surface area contributed by atoms with Gasteiger partial charge >= 0.3 is 6.01 Å². The molecule has 0 radical (unpaired) electrons. The van der Waals surface area contributed by atoms with Crippen molar-refractivity contribution in [3.63, 3.8) is 0 Å². The van der Waals surface area contributed by atoms with Crippen molar-refractivity contribution in [1.29, 1.82) is 0 Å². The maximum Gasteiger partial charge on any atom is 0.313 e. The van der Waals surface area contributed by atoms with Gasteiger partial charge in [0.2, 0.25) is 5.89 Å². The Kier molecular flexibility index (Phi) is 1.83. The topological polar surface area (TPSA) is 77.8 Å². The van der Waals surface area contributed by atoms with Crippen LogP contribution < -0.4 is 5.73 Å². The highest BCUT2D eigenvalue weighted by atomic mass is 16.4. The van der Waals surface area contributed by atoms with Crippen LogP contribution in [-0.4, -0.2) is 15.2 Å². The van der Waals surface area contributed by atoms with Crippen LogP contribution in [0.3, 0.4) is 0 Å². The summed E-state index contributed by atoms with van der Waals surface area (Å²) in [6.45, 7) is 0. The average Bonchev–Trinajstić information content (AvgIpc) is 2.75. The minimum Gasteiger partial charge on any atom is -0.404 e. The molecule has 2 N–H and O–H groups in total. The number of nitrogen functional groups attached to an aromatic ring is 1. The molecule has 0 atom stereocenters. The summed E-state index contributed by atoms with van der Waals surface area (Å²) >= 11 is 0. The molecule has 2 heterocycles. The molecule has 1 aromatic carbocycles. The van der Waals surface area contributed by atoms with E-state index in [4.69, 9.17) is 10.2 Å². The second kappa shape index (κ2) is 3.30. The minimum absolute atomic E-state index is 0.0656. The summed E-state index contributed by atoms with van der Waals surface area (Å²) in [5, 5.41) is 8.47. The van der Waals surface area contributed by atoms with Crippen LogP contribution in [0.2, 0.25) is 0 Å². The van der Waals surface area contributed by atoms with Crippen molar-refractivity contribution in [2.75, 3.05) is 5.73 Å². The lowest BCUT2D eigenvalue weighted by Gasteiger charge is -2.00. The highest BCUT2D eigenvalue weighted by molar-refractivity contribution is 5.92. The summed E-state index contributed by atoms with van der Waals surface area (Å²) in [4.78, 5) is 4.25. The third kappa shape index (κ3) is 1.30. The molecule has 5 nitrogen and oxygen atoms in total. The Labute approximate surface area is 90.9 Å². The largest absolute Gasteiger partial charge is 0.404 e. The molecule has 0 spiro atoms. The molecule has 0 saturated carbocycles. The fourth-order valence-electron chi connectivity index (χ4n) is 1.63. The van der Waals surface area contributed by atoms with E-state index in [9.17, 15) is 0 Å². The number of benzene rings is 1. The lowest BCUT2D eigenvalue weighted by Crippen LogP contribution is -1.83. The molecular formula is C11H8N4O. The SMILES string of the molecule is Nc1nnc(-c2cccc3ncccc23)o1. The van der Waals surface area contributed by atoms with Gasteiger partial charge in [0.25, 0.3) is 0 Å². The van der Waals surface area contributed by atoms with Crippen molar-refractivity contribution in [3.8, 4) is 11.5 Å². The van der Waals surface area contributed by atoms with Crippen molar-refractivity contribution in [2.24, 2.45) is 0 Å². The number of hydrogen-bond donors (Lipinski definition) is 1. The van der Waals surface area contributed by atoms with Crippen LogP contribution in [0.4, 0.5) is 6.01 Å². The first kappa shape index (κ1) is 8.84. The van der Waals surface area contributed by atoms with Crippen LogP contribution in [0.15, 0.2) is 40.9 Å². The highest BCUT2D eigenvalue weighted by Gasteiger charge is 2.09.